The van der Waals surface area contributed by atoms with E-state index in [4.69, 9.17) is 11.6 Å². The number of halogens is 1. The fourth-order valence-corrected chi connectivity index (χ4v) is 3.99. The molecule has 2 aromatic carbocycles. The van der Waals surface area contributed by atoms with Gasteiger partial charge in [-0.05, 0) is 53.3 Å². The Balaban J connectivity index is 1.67. The van der Waals surface area contributed by atoms with Crippen LogP contribution >= 0.6 is 22.9 Å². The van der Waals surface area contributed by atoms with Crippen molar-refractivity contribution in [1.29, 1.82) is 0 Å². The number of fused-ring (bicyclic) bond motifs is 1. The van der Waals surface area contributed by atoms with Crippen molar-refractivity contribution in [3.8, 4) is 0 Å². The van der Waals surface area contributed by atoms with Gasteiger partial charge in [-0.25, -0.2) is 0 Å². The van der Waals surface area contributed by atoms with Crippen LogP contribution in [0.1, 0.15) is 32.1 Å². The molecule has 4 aromatic rings. The maximum Gasteiger partial charge on any atom is 0.266 e. The highest BCUT2D eigenvalue weighted by Crippen LogP contribution is 2.25. The topological polar surface area (TPSA) is 57.8 Å². The number of para-hydroxylation sites is 1. The zero-order valence-electron chi connectivity index (χ0n) is 15.2. The minimum atomic E-state index is -0.112. The second-order valence-electron chi connectivity index (χ2n) is 6.43. The summed E-state index contributed by atoms with van der Waals surface area (Å²) in [6.07, 6.45) is 3.90. The van der Waals surface area contributed by atoms with Crippen molar-refractivity contribution < 1.29 is 4.79 Å². The number of alkyl halides is 1. The number of amides is 1. The minimum Gasteiger partial charge on any atom is -0.321 e. The number of H-pyrrole nitrogens is 1. The van der Waals surface area contributed by atoms with Crippen molar-refractivity contribution in [2.75, 3.05) is 5.32 Å². The number of thiophene rings is 1. The molecule has 6 heteroatoms. The molecule has 0 saturated heterocycles. The molecule has 1 amide bonds. The fraction of sp³-hybridized carbons (Fsp3) is 0.0909. The number of carbonyl (C=O) groups is 1. The van der Waals surface area contributed by atoms with Gasteiger partial charge in [0.25, 0.3) is 5.91 Å². The summed E-state index contributed by atoms with van der Waals surface area (Å²) >= 11 is 7.43. The van der Waals surface area contributed by atoms with E-state index in [0.29, 0.717) is 10.8 Å². The molecule has 4 rings (SSSR count). The van der Waals surface area contributed by atoms with Gasteiger partial charge < -0.3 is 5.32 Å². The van der Waals surface area contributed by atoms with Crippen LogP contribution in [0.4, 0.5) is 5.69 Å². The van der Waals surface area contributed by atoms with Gasteiger partial charge in [0.15, 0.2) is 0 Å². The van der Waals surface area contributed by atoms with E-state index in [1.165, 1.54) is 11.3 Å². The van der Waals surface area contributed by atoms with Crippen molar-refractivity contribution in [3.63, 3.8) is 0 Å². The Morgan fingerprint density at radius 1 is 1.21 bits per heavy atom. The molecule has 2 aromatic heterocycles. The normalized spacial score (nSPS) is 11.4. The summed E-state index contributed by atoms with van der Waals surface area (Å²) < 4.78 is 0. The molecule has 0 fully saturated rings. The summed E-state index contributed by atoms with van der Waals surface area (Å²) in [7, 11) is 0. The Bertz CT molecular complexity index is 1180. The molecule has 0 saturated carbocycles. The molecule has 140 valence electrons. The van der Waals surface area contributed by atoms with Crippen LogP contribution in [0, 0.1) is 6.92 Å². The SMILES string of the molecule is Cc1ccsc1C(=O)Nc1cc(CCl)ccc1/C=C/c1n[nH]c2ccccc12. The first-order valence-corrected chi connectivity index (χ1v) is 10.2. The zero-order valence-corrected chi connectivity index (χ0v) is 16.8. The molecular formula is C22H18ClN3OS. The van der Waals surface area contributed by atoms with Crippen molar-refractivity contribution in [2.45, 2.75) is 12.8 Å². The van der Waals surface area contributed by atoms with Crippen LogP contribution in [-0.4, -0.2) is 16.1 Å². The Morgan fingerprint density at radius 2 is 2.07 bits per heavy atom. The van der Waals surface area contributed by atoms with Gasteiger partial charge in [-0.1, -0.05) is 36.4 Å². The molecule has 0 unspecified atom stereocenters. The highest BCUT2D eigenvalue weighted by atomic mass is 35.5. The van der Waals surface area contributed by atoms with Crippen molar-refractivity contribution in [2.24, 2.45) is 0 Å². The third kappa shape index (κ3) is 3.72. The number of anilines is 1. The first kappa shape index (κ1) is 18.5. The van der Waals surface area contributed by atoms with Gasteiger partial charge in [-0.2, -0.15) is 5.10 Å². The highest BCUT2D eigenvalue weighted by Gasteiger charge is 2.13. The molecule has 2 N–H and O–H groups in total. The molecule has 0 aliphatic rings. The number of hydrogen-bond acceptors (Lipinski definition) is 3. The lowest BCUT2D eigenvalue weighted by atomic mass is 10.1. The Hall–Kier alpha value is -2.89. The summed E-state index contributed by atoms with van der Waals surface area (Å²) in [4.78, 5) is 13.4. The summed E-state index contributed by atoms with van der Waals surface area (Å²) in [6, 6.07) is 15.7. The molecule has 28 heavy (non-hydrogen) atoms. The first-order chi connectivity index (χ1) is 13.7. The number of nitrogens with zero attached hydrogens (tertiary/aromatic N) is 1. The molecule has 4 nitrogen and oxygen atoms in total. The van der Waals surface area contributed by atoms with Crippen molar-refractivity contribution >= 4 is 57.6 Å². The molecule has 0 bridgehead atoms. The molecule has 0 aliphatic carbocycles. The van der Waals surface area contributed by atoms with Gasteiger partial charge in [0.1, 0.15) is 0 Å². The third-order valence-corrected chi connectivity index (χ3v) is 5.83. The highest BCUT2D eigenvalue weighted by molar-refractivity contribution is 7.12. The number of aromatic amines is 1. The smallest absolute Gasteiger partial charge is 0.266 e. The predicted molar refractivity (Wildman–Crippen MR) is 118 cm³/mol. The fourth-order valence-electron chi connectivity index (χ4n) is 3.00. The summed E-state index contributed by atoms with van der Waals surface area (Å²) in [5, 5.41) is 13.4. The van der Waals surface area contributed by atoms with E-state index >= 15 is 0 Å². The molecule has 2 heterocycles. The minimum absolute atomic E-state index is 0.112. The van der Waals surface area contributed by atoms with E-state index in [-0.39, 0.29) is 5.91 Å². The lowest BCUT2D eigenvalue weighted by Gasteiger charge is -2.10. The first-order valence-electron chi connectivity index (χ1n) is 8.81. The van der Waals surface area contributed by atoms with E-state index in [1.807, 2.05) is 73.0 Å². The number of rotatable bonds is 5. The van der Waals surface area contributed by atoms with E-state index in [1.54, 1.807) is 0 Å². The van der Waals surface area contributed by atoms with Gasteiger partial charge >= 0.3 is 0 Å². The van der Waals surface area contributed by atoms with Crippen LogP contribution in [0.2, 0.25) is 0 Å². The lowest BCUT2D eigenvalue weighted by molar-refractivity contribution is 0.103. The van der Waals surface area contributed by atoms with E-state index in [9.17, 15) is 4.79 Å². The Morgan fingerprint density at radius 3 is 2.86 bits per heavy atom. The quantitative estimate of drug-likeness (QED) is 0.393. The number of aromatic nitrogens is 2. The maximum absolute atomic E-state index is 12.7. The van der Waals surface area contributed by atoms with Gasteiger partial charge in [0.2, 0.25) is 0 Å². The van der Waals surface area contributed by atoms with Gasteiger partial charge in [0, 0.05) is 17.0 Å². The summed E-state index contributed by atoms with van der Waals surface area (Å²) in [5.74, 6) is 0.272. The van der Waals surface area contributed by atoms with Crippen molar-refractivity contribution in [1.82, 2.24) is 10.2 Å². The van der Waals surface area contributed by atoms with Gasteiger partial charge in [-0.15, -0.1) is 22.9 Å². The summed E-state index contributed by atoms with van der Waals surface area (Å²) in [6.45, 7) is 1.93. The third-order valence-electron chi connectivity index (χ3n) is 4.51. The monoisotopic (exact) mass is 407 g/mol. The maximum atomic E-state index is 12.7. The number of carbonyl (C=O) groups excluding carboxylic acids is 1. The number of benzene rings is 2. The summed E-state index contributed by atoms with van der Waals surface area (Å²) in [5.41, 5.74) is 5.37. The van der Waals surface area contributed by atoms with E-state index in [2.05, 4.69) is 15.5 Å². The largest absolute Gasteiger partial charge is 0.321 e. The number of aryl methyl sites for hydroxylation is 1. The van der Waals surface area contributed by atoms with Crippen molar-refractivity contribution in [3.05, 3.63) is 81.2 Å². The molecular weight excluding hydrogens is 390 g/mol. The Kier molecular flexibility index (Phi) is 5.28. The average Bonchev–Trinajstić information content (AvgIpc) is 3.33. The zero-order chi connectivity index (χ0) is 19.5. The van der Waals surface area contributed by atoms with Crippen LogP contribution in [0.3, 0.4) is 0 Å². The molecule has 0 atom stereocenters. The predicted octanol–water partition coefficient (Wildman–Crippen LogP) is 6.09. The van der Waals surface area contributed by atoms with E-state index in [0.717, 1.165) is 39.0 Å². The average molecular weight is 408 g/mol. The lowest BCUT2D eigenvalue weighted by Crippen LogP contribution is -2.12. The van der Waals surface area contributed by atoms with E-state index < -0.39 is 0 Å². The van der Waals surface area contributed by atoms with Crippen LogP contribution in [0.25, 0.3) is 23.1 Å². The standard InChI is InChI=1S/C22H18ClN3OS/c1-14-10-11-28-21(14)22(27)24-20-12-15(13-23)6-7-16(20)8-9-19-17-4-2-3-5-18(17)25-26-19/h2-12H,13H2,1H3,(H,24,27)(H,25,26)/b9-8+. The second-order valence-corrected chi connectivity index (χ2v) is 7.61. The van der Waals surface area contributed by atoms with Gasteiger partial charge in [-0.3, -0.25) is 9.89 Å². The Labute approximate surface area is 171 Å². The van der Waals surface area contributed by atoms with Crippen LogP contribution in [0.15, 0.2) is 53.9 Å². The molecule has 0 aliphatic heterocycles. The van der Waals surface area contributed by atoms with Crippen LogP contribution < -0.4 is 5.32 Å². The second kappa shape index (κ2) is 8.00. The number of hydrogen-bond donors (Lipinski definition) is 2. The van der Waals surface area contributed by atoms with Gasteiger partial charge in [0.05, 0.1) is 16.1 Å². The number of nitrogens with one attached hydrogen (secondary N) is 2. The molecule has 0 spiro atoms. The molecule has 0 radical (unpaired) electrons. The van der Waals surface area contributed by atoms with Crippen LogP contribution in [0.5, 0.6) is 0 Å². The van der Waals surface area contributed by atoms with Crippen LogP contribution in [-0.2, 0) is 5.88 Å².